The van der Waals surface area contributed by atoms with E-state index in [9.17, 15) is 19.5 Å². The highest BCUT2D eigenvalue weighted by Gasteiger charge is 2.25. The van der Waals surface area contributed by atoms with Gasteiger partial charge >= 0.3 is 0 Å². The molecule has 16 heavy (non-hydrogen) atoms. The molecule has 0 amide bonds. The summed E-state index contributed by atoms with van der Waals surface area (Å²) in [4.78, 5) is 34.1. The Morgan fingerprint density at radius 2 is 1.75 bits per heavy atom. The fraction of sp³-hybridized carbons (Fsp3) is 0.0833. The van der Waals surface area contributed by atoms with Crippen molar-refractivity contribution in [1.29, 1.82) is 0 Å². The van der Waals surface area contributed by atoms with Crippen LogP contribution in [-0.2, 0) is 0 Å². The molecule has 0 aromatic heterocycles. The zero-order chi connectivity index (χ0) is 11.9. The molecule has 1 N–H and O–H groups in total. The van der Waals surface area contributed by atoms with E-state index in [4.69, 9.17) is 0 Å². The van der Waals surface area contributed by atoms with Crippen molar-refractivity contribution in [1.82, 2.24) is 0 Å². The summed E-state index contributed by atoms with van der Waals surface area (Å²) in [6.07, 6.45) is 2.24. The van der Waals surface area contributed by atoms with Crippen molar-refractivity contribution >= 4 is 17.3 Å². The third kappa shape index (κ3) is 1.35. The highest BCUT2D eigenvalue weighted by Crippen LogP contribution is 2.29. The SMILES string of the molecule is CC(=O)c1ccc2c(c1O)C(=O)C=CC2=O. The van der Waals surface area contributed by atoms with E-state index in [1.54, 1.807) is 0 Å². The first kappa shape index (κ1) is 10.3. The third-order valence-corrected chi connectivity index (χ3v) is 2.46. The molecular weight excluding hydrogens is 208 g/mol. The van der Waals surface area contributed by atoms with Crippen molar-refractivity contribution in [3.05, 3.63) is 41.0 Å². The summed E-state index contributed by atoms with van der Waals surface area (Å²) in [6, 6.07) is 2.73. The molecule has 4 heteroatoms. The first-order valence-corrected chi connectivity index (χ1v) is 4.66. The molecule has 1 aromatic carbocycles. The molecule has 0 heterocycles. The minimum atomic E-state index is -0.463. The van der Waals surface area contributed by atoms with Crippen molar-refractivity contribution < 1.29 is 19.5 Å². The molecule has 0 spiro atoms. The number of allylic oxidation sites excluding steroid dienone is 2. The fourth-order valence-corrected chi connectivity index (χ4v) is 1.65. The molecule has 0 saturated carbocycles. The predicted molar refractivity (Wildman–Crippen MR) is 55.9 cm³/mol. The van der Waals surface area contributed by atoms with Crippen LogP contribution in [0.3, 0.4) is 0 Å². The van der Waals surface area contributed by atoms with E-state index in [1.807, 2.05) is 0 Å². The molecular formula is C12H8O4. The summed E-state index contributed by atoms with van der Waals surface area (Å²) in [5, 5.41) is 9.77. The van der Waals surface area contributed by atoms with E-state index in [2.05, 4.69) is 0 Å². The minimum Gasteiger partial charge on any atom is -0.506 e. The van der Waals surface area contributed by atoms with Crippen LogP contribution in [0.5, 0.6) is 5.75 Å². The Morgan fingerprint density at radius 3 is 2.38 bits per heavy atom. The van der Waals surface area contributed by atoms with Crippen LogP contribution in [0, 0.1) is 0 Å². The van der Waals surface area contributed by atoms with Gasteiger partial charge in [0.05, 0.1) is 11.1 Å². The lowest BCUT2D eigenvalue weighted by atomic mass is 9.91. The Bertz CT molecular complexity index is 552. The van der Waals surface area contributed by atoms with Crippen LogP contribution < -0.4 is 0 Å². The summed E-state index contributed by atoms with van der Waals surface area (Å²) in [5.41, 5.74) is 0.102. The van der Waals surface area contributed by atoms with Gasteiger partial charge in [-0.2, -0.15) is 0 Å². The van der Waals surface area contributed by atoms with Crippen LogP contribution >= 0.6 is 0 Å². The van der Waals surface area contributed by atoms with E-state index >= 15 is 0 Å². The number of rotatable bonds is 1. The van der Waals surface area contributed by atoms with Crippen molar-refractivity contribution in [2.75, 3.05) is 0 Å². The second-order valence-corrected chi connectivity index (χ2v) is 3.50. The molecule has 0 aliphatic heterocycles. The maximum atomic E-state index is 11.5. The zero-order valence-corrected chi connectivity index (χ0v) is 8.48. The van der Waals surface area contributed by atoms with Crippen LogP contribution in [0.4, 0.5) is 0 Å². The van der Waals surface area contributed by atoms with Gasteiger partial charge in [0.25, 0.3) is 0 Å². The van der Waals surface area contributed by atoms with Crippen LogP contribution in [0.15, 0.2) is 24.3 Å². The van der Waals surface area contributed by atoms with Crippen molar-refractivity contribution in [2.24, 2.45) is 0 Å². The molecule has 4 nitrogen and oxygen atoms in total. The Labute approximate surface area is 91.2 Å². The predicted octanol–water partition coefficient (Wildman–Crippen LogP) is 1.53. The van der Waals surface area contributed by atoms with Gasteiger partial charge < -0.3 is 5.11 Å². The van der Waals surface area contributed by atoms with Crippen LogP contribution in [-0.4, -0.2) is 22.5 Å². The molecule has 0 fully saturated rings. The average molecular weight is 216 g/mol. The molecule has 0 atom stereocenters. The Hall–Kier alpha value is -2.23. The standard InChI is InChI=1S/C12H8O4/c1-6(13)7-2-3-8-9(14)4-5-10(15)11(8)12(7)16/h2-5,16H,1H3. The van der Waals surface area contributed by atoms with Gasteiger partial charge in [0.1, 0.15) is 5.75 Å². The smallest absolute Gasteiger partial charge is 0.190 e. The van der Waals surface area contributed by atoms with Gasteiger partial charge in [-0.1, -0.05) is 0 Å². The minimum absolute atomic E-state index is 0.0511. The molecule has 0 saturated heterocycles. The Morgan fingerprint density at radius 1 is 1.12 bits per heavy atom. The number of carbonyl (C=O) groups excluding carboxylic acids is 3. The lowest BCUT2D eigenvalue weighted by Gasteiger charge is -2.12. The van der Waals surface area contributed by atoms with Crippen molar-refractivity contribution in [3.63, 3.8) is 0 Å². The Kier molecular flexibility index (Phi) is 2.20. The quantitative estimate of drug-likeness (QED) is 0.722. The summed E-state index contributed by atoms with van der Waals surface area (Å²) in [7, 11) is 0. The van der Waals surface area contributed by atoms with Gasteiger partial charge in [0, 0.05) is 5.56 Å². The maximum Gasteiger partial charge on any atom is 0.190 e. The van der Waals surface area contributed by atoms with Crippen LogP contribution in [0.25, 0.3) is 0 Å². The first-order chi connectivity index (χ1) is 7.52. The molecule has 1 aromatic rings. The van der Waals surface area contributed by atoms with E-state index in [1.165, 1.54) is 19.1 Å². The molecule has 1 aliphatic carbocycles. The number of hydrogen-bond acceptors (Lipinski definition) is 4. The van der Waals surface area contributed by atoms with Gasteiger partial charge in [-0.15, -0.1) is 0 Å². The van der Waals surface area contributed by atoms with Crippen molar-refractivity contribution in [3.8, 4) is 5.75 Å². The van der Waals surface area contributed by atoms with E-state index in [-0.39, 0.29) is 28.3 Å². The number of phenolic OH excluding ortho intramolecular Hbond substituents is 1. The molecule has 0 unspecified atom stereocenters. The normalized spacial score (nSPS) is 13.8. The average Bonchev–Trinajstić information content (AvgIpc) is 2.23. The highest BCUT2D eigenvalue weighted by molar-refractivity contribution is 6.24. The second-order valence-electron chi connectivity index (χ2n) is 3.50. The number of hydrogen-bond donors (Lipinski definition) is 1. The van der Waals surface area contributed by atoms with Crippen LogP contribution in [0.1, 0.15) is 38.0 Å². The number of benzene rings is 1. The largest absolute Gasteiger partial charge is 0.506 e. The van der Waals surface area contributed by atoms with E-state index in [0.717, 1.165) is 12.2 Å². The Balaban J connectivity index is 2.76. The maximum absolute atomic E-state index is 11.5. The highest BCUT2D eigenvalue weighted by atomic mass is 16.3. The van der Waals surface area contributed by atoms with Crippen molar-refractivity contribution in [2.45, 2.75) is 6.92 Å². The first-order valence-electron chi connectivity index (χ1n) is 4.66. The monoisotopic (exact) mass is 216 g/mol. The van der Waals surface area contributed by atoms with Gasteiger partial charge in [0.15, 0.2) is 17.3 Å². The summed E-state index contributed by atoms with van der Waals surface area (Å²) in [5.74, 6) is -1.57. The van der Waals surface area contributed by atoms with E-state index < -0.39 is 11.5 Å². The van der Waals surface area contributed by atoms with Gasteiger partial charge in [0.2, 0.25) is 0 Å². The number of ketones is 3. The van der Waals surface area contributed by atoms with Gasteiger partial charge in [-0.25, -0.2) is 0 Å². The third-order valence-electron chi connectivity index (χ3n) is 2.46. The fourth-order valence-electron chi connectivity index (χ4n) is 1.65. The second kappa shape index (κ2) is 3.41. The summed E-state index contributed by atoms with van der Waals surface area (Å²) in [6.45, 7) is 1.28. The molecule has 0 radical (unpaired) electrons. The molecule has 2 rings (SSSR count). The van der Waals surface area contributed by atoms with E-state index in [0.29, 0.717) is 0 Å². The van der Waals surface area contributed by atoms with Gasteiger partial charge in [-0.05, 0) is 31.2 Å². The summed E-state index contributed by atoms with van der Waals surface area (Å²) >= 11 is 0. The topological polar surface area (TPSA) is 71.4 Å². The number of Topliss-reactive ketones (excluding diaryl/α,β-unsaturated/α-hetero) is 1. The van der Waals surface area contributed by atoms with Gasteiger partial charge in [-0.3, -0.25) is 14.4 Å². The lowest BCUT2D eigenvalue weighted by Crippen LogP contribution is -2.13. The number of fused-ring (bicyclic) bond motifs is 1. The molecule has 80 valence electrons. The number of aromatic hydroxyl groups is 1. The van der Waals surface area contributed by atoms with Crippen LogP contribution in [0.2, 0.25) is 0 Å². The number of carbonyl (C=O) groups is 3. The number of phenols is 1. The zero-order valence-electron chi connectivity index (χ0n) is 8.48. The molecule has 1 aliphatic rings. The summed E-state index contributed by atoms with van der Waals surface area (Å²) < 4.78 is 0. The lowest BCUT2D eigenvalue weighted by molar-refractivity contribution is 0.0987. The molecule has 0 bridgehead atoms.